The van der Waals surface area contributed by atoms with E-state index in [4.69, 9.17) is 4.74 Å². The molecule has 0 spiro atoms. The van der Waals surface area contributed by atoms with Crippen molar-refractivity contribution in [2.75, 3.05) is 19.7 Å². The first kappa shape index (κ1) is 14.3. The Bertz CT molecular complexity index is 328. The molecule has 0 amide bonds. The molecule has 1 N–H and O–H groups in total. The number of benzene rings is 1. The van der Waals surface area contributed by atoms with Crippen molar-refractivity contribution in [1.29, 1.82) is 0 Å². The summed E-state index contributed by atoms with van der Waals surface area (Å²) in [5, 5.41) is 3.42. The summed E-state index contributed by atoms with van der Waals surface area (Å²) in [5.41, 5.74) is 2.48. The molecule has 1 saturated heterocycles. The van der Waals surface area contributed by atoms with Gasteiger partial charge in [-0.3, -0.25) is 0 Å². The molecule has 0 aromatic heterocycles. The lowest BCUT2D eigenvalue weighted by atomic mass is 10.0. The number of aryl methyl sites for hydroxylation is 2. The molecule has 1 heterocycles. The average molecular weight is 256 g/mol. The SMILES string of the molecule is Cc1cccc(C)c1OCC1CCCNC1.Cl. The van der Waals surface area contributed by atoms with E-state index in [-0.39, 0.29) is 12.4 Å². The molecule has 2 rings (SSSR count). The summed E-state index contributed by atoms with van der Waals surface area (Å²) >= 11 is 0. The normalized spacial score (nSPS) is 19.5. The quantitative estimate of drug-likeness (QED) is 0.896. The molecule has 1 aromatic rings. The average Bonchev–Trinajstić information content (AvgIpc) is 2.30. The third kappa shape index (κ3) is 3.90. The van der Waals surface area contributed by atoms with Crippen LogP contribution in [0.2, 0.25) is 0 Å². The Morgan fingerprint density at radius 3 is 2.59 bits per heavy atom. The summed E-state index contributed by atoms with van der Waals surface area (Å²) in [7, 11) is 0. The monoisotopic (exact) mass is 255 g/mol. The minimum absolute atomic E-state index is 0. The van der Waals surface area contributed by atoms with Crippen LogP contribution in [0.5, 0.6) is 5.75 Å². The van der Waals surface area contributed by atoms with Crippen molar-refractivity contribution < 1.29 is 4.74 Å². The van der Waals surface area contributed by atoms with Gasteiger partial charge in [0.25, 0.3) is 0 Å². The minimum Gasteiger partial charge on any atom is -0.493 e. The maximum atomic E-state index is 5.97. The van der Waals surface area contributed by atoms with E-state index in [0.717, 1.165) is 18.9 Å². The second kappa shape index (κ2) is 6.87. The Hall–Kier alpha value is -0.730. The van der Waals surface area contributed by atoms with Crippen LogP contribution in [0.4, 0.5) is 0 Å². The van der Waals surface area contributed by atoms with Crippen molar-refractivity contribution >= 4 is 12.4 Å². The van der Waals surface area contributed by atoms with Crippen LogP contribution in [0.3, 0.4) is 0 Å². The molecule has 3 heteroatoms. The van der Waals surface area contributed by atoms with E-state index < -0.39 is 0 Å². The number of rotatable bonds is 3. The Morgan fingerprint density at radius 1 is 1.29 bits per heavy atom. The van der Waals surface area contributed by atoms with E-state index in [1.165, 1.54) is 30.5 Å². The van der Waals surface area contributed by atoms with Crippen molar-refractivity contribution in [1.82, 2.24) is 5.32 Å². The Kier molecular flexibility index (Phi) is 5.79. The van der Waals surface area contributed by atoms with Gasteiger partial charge in [-0.2, -0.15) is 0 Å². The molecule has 0 bridgehead atoms. The van der Waals surface area contributed by atoms with E-state index in [1.807, 2.05) is 0 Å². The number of hydrogen-bond donors (Lipinski definition) is 1. The third-order valence-electron chi connectivity index (χ3n) is 3.27. The maximum absolute atomic E-state index is 5.97. The Labute approximate surface area is 110 Å². The summed E-state index contributed by atoms with van der Waals surface area (Å²) in [6.45, 7) is 7.34. The number of para-hydroxylation sites is 1. The molecule has 1 aliphatic heterocycles. The highest BCUT2D eigenvalue weighted by Gasteiger charge is 2.14. The number of hydrogen-bond acceptors (Lipinski definition) is 2. The molecular weight excluding hydrogens is 234 g/mol. The Morgan fingerprint density at radius 2 is 2.00 bits per heavy atom. The summed E-state index contributed by atoms with van der Waals surface area (Å²) in [6, 6.07) is 6.31. The fourth-order valence-corrected chi connectivity index (χ4v) is 2.29. The lowest BCUT2D eigenvalue weighted by Crippen LogP contribution is -2.33. The van der Waals surface area contributed by atoms with Gasteiger partial charge in [0, 0.05) is 12.5 Å². The molecule has 0 radical (unpaired) electrons. The van der Waals surface area contributed by atoms with Gasteiger partial charge in [-0.15, -0.1) is 12.4 Å². The lowest BCUT2D eigenvalue weighted by molar-refractivity contribution is 0.216. The van der Waals surface area contributed by atoms with Crippen LogP contribution in [0.1, 0.15) is 24.0 Å². The zero-order valence-electron chi connectivity index (χ0n) is 10.7. The zero-order valence-corrected chi connectivity index (χ0v) is 11.5. The van der Waals surface area contributed by atoms with Gasteiger partial charge in [-0.05, 0) is 44.4 Å². The summed E-state index contributed by atoms with van der Waals surface area (Å²) in [5.74, 6) is 1.75. The first-order valence-electron chi connectivity index (χ1n) is 6.17. The van der Waals surface area contributed by atoms with E-state index in [0.29, 0.717) is 5.92 Å². The molecule has 1 aliphatic rings. The van der Waals surface area contributed by atoms with Crippen molar-refractivity contribution in [2.24, 2.45) is 5.92 Å². The molecule has 1 atom stereocenters. The van der Waals surface area contributed by atoms with Crippen LogP contribution < -0.4 is 10.1 Å². The molecule has 0 saturated carbocycles. The first-order valence-corrected chi connectivity index (χ1v) is 6.17. The zero-order chi connectivity index (χ0) is 11.4. The van der Waals surface area contributed by atoms with Crippen LogP contribution in [-0.2, 0) is 0 Å². The molecule has 96 valence electrons. The molecule has 2 nitrogen and oxygen atoms in total. The van der Waals surface area contributed by atoms with E-state index >= 15 is 0 Å². The molecule has 1 aromatic carbocycles. The molecule has 0 aliphatic carbocycles. The smallest absolute Gasteiger partial charge is 0.125 e. The highest BCUT2D eigenvalue weighted by Crippen LogP contribution is 2.23. The number of halogens is 1. The minimum atomic E-state index is 0. The summed E-state index contributed by atoms with van der Waals surface area (Å²) < 4.78 is 5.97. The van der Waals surface area contributed by atoms with Gasteiger partial charge in [0.2, 0.25) is 0 Å². The fourth-order valence-electron chi connectivity index (χ4n) is 2.29. The third-order valence-corrected chi connectivity index (χ3v) is 3.27. The van der Waals surface area contributed by atoms with Gasteiger partial charge in [0.15, 0.2) is 0 Å². The number of nitrogens with one attached hydrogen (secondary N) is 1. The van der Waals surface area contributed by atoms with E-state index in [9.17, 15) is 0 Å². The predicted molar refractivity (Wildman–Crippen MR) is 74.3 cm³/mol. The highest BCUT2D eigenvalue weighted by molar-refractivity contribution is 5.85. The molecular formula is C14H22ClNO. The summed E-state index contributed by atoms with van der Waals surface area (Å²) in [6.07, 6.45) is 2.57. The molecule has 17 heavy (non-hydrogen) atoms. The standard InChI is InChI=1S/C14H21NO.ClH/c1-11-5-3-6-12(2)14(11)16-10-13-7-4-8-15-9-13;/h3,5-6,13,15H,4,7-10H2,1-2H3;1H. The van der Waals surface area contributed by atoms with Crippen LogP contribution in [0.25, 0.3) is 0 Å². The highest BCUT2D eigenvalue weighted by atomic mass is 35.5. The number of ether oxygens (including phenoxy) is 1. The largest absolute Gasteiger partial charge is 0.493 e. The van der Waals surface area contributed by atoms with Crippen molar-refractivity contribution in [3.8, 4) is 5.75 Å². The van der Waals surface area contributed by atoms with Gasteiger partial charge in [-0.1, -0.05) is 18.2 Å². The second-order valence-electron chi connectivity index (χ2n) is 4.74. The first-order chi connectivity index (χ1) is 7.77. The van der Waals surface area contributed by atoms with Gasteiger partial charge < -0.3 is 10.1 Å². The van der Waals surface area contributed by atoms with Crippen molar-refractivity contribution in [3.05, 3.63) is 29.3 Å². The number of piperidine rings is 1. The van der Waals surface area contributed by atoms with Crippen molar-refractivity contribution in [3.63, 3.8) is 0 Å². The fraction of sp³-hybridized carbons (Fsp3) is 0.571. The van der Waals surface area contributed by atoms with Crippen molar-refractivity contribution in [2.45, 2.75) is 26.7 Å². The van der Waals surface area contributed by atoms with Gasteiger partial charge in [0.1, 0.15) is 5.75 Å². The topological polar surface area (TPSA) is 21.3 Å². The van der Waals surface area contributed by atoms with Gasteiger partial charge >= 0.3 is 0 Å². The second-order valence-corrected chi connectivity index (χ2v) is 4.74. The van der Waals surface area contributed by atoms with Crippen LogP contribution >= 0.6 is 12.4 Å². The van der Waals surface area contributed by atoms with Crippen LogP contribution in [0.15, 0.2) is 18.2 Å². The van der Waals surface area contributed by atoms with Gasteiger partial charge in [0.05, 0.1) is 6.61 Å². The molecule has 1 unspecified atom stereocenters. The predicted octanol–water partition coefficient (Wildman–Crippen LogP) is 3.10. The van der Waals surface area contributed by atoms with E-state index in [2.05, 4.69) is 37.4 Å². The molecule has 1 fully saturated rings. The van der Waals surface area contributed by atoms with E-state index in [1.54, 1.807) is 0 Å². The Balaban J connectivity index is 0.00000144. The van der Waals surface area contributed by atoms with Crippen LogP contribution in [-0.4, -0.2) is 19.7 Å². The van der Waals surface area contributed by atoms with Gasteiger partial charge in [-0.25, -0.2) is 0 Å². The summed E-state index contributed by atoms with van der Waals surface area (Å²) in [4.78, 5) is 0. The lowest BCUT2D eigenvalue weighted by Gasteiger charge is -2.23. The maximum Gasteiger partial charge on any atom is 0.125 e. The van der Waals surface area contributed by atoms with Crippen LogP contribution in [0, 0.1) is 19.8 Å².